The maximum absolute atomic E-state index is 13.3. The molecule has 0 bridgehead atoms. The predicted octanol–water partition coefficient (Wildman–Crippen LogP) is 1.35. The first kappa shape index (κ1) is 24.9. The van der Waals surface area contributed by atoms with Crippen molar-refractivity contribution in [3.8, 4) is 0 Å². The highest BCUT2D eigenvalue weighted by Crippen LogP contribution is 2.28. The Bertz CT molecular complexity index is 1330. The van der Waals surface area contributed by atoms with Crippen molar-refractivity contribution in [1.29, 1.82) is 0 Å². The van der Waals surface area contributed by atoms with Crippen LogP contribution in [0.25, 0.3) is 0 Å². The molecule has 35 heavy (non-hydrogen) atoms. The Morgan fingerprint density at radius 1 is 1.26 bits per heavy atom. The molecule has 0 saturated heterocycles. The van der Waals surface area contributed by atoms with Crippen LogP contribution in [0.3, 0.4) is 0 Å². The van der Waals surface area contributed by atoms with Gasteiger partial charge in [-0.15, -0.1) is 0 Å². The summed E-state index contributed by atoms with van der Waals surface area (Å²) >= 11 is 0. The Morgan fingerprint density at radius 3 is 2.80 bits per heavy atom. The van der Waals surface area contributed by atoms with Crippen molar-refractivity contribution in [2.24, 2.45) is 0 Å². The second-order valence-corrected chi connectivity index (χ2v) is 10.1. The number of carbonyl (C=O) groups is 1. The van der Waals surface area contributed by atoms with Gasteiger partial charge in [-0.05, 0) is 38.3 Å². The molecule has 0 spiro atoms. The van der Waals surface area contributed by atoms with Gasteiger partial charge in [0.25, 0.3) is 0 Å². The predicted molar refractivity (Wildman–Crippen MR) is 128 cm³/mol. The third kappa shape index (κ3) is 5.90. The van der Waals surface area contributed by atoms with Crippen LogP contribution >= 0.6 is 0 Å². The molecule has 0 radical (unpaired) electrons. The summed E-state index contributed by atoms with van der Waals surface area (Å²) in [6, 6.07) is 9.46. The van der Waals surface area contributed by atoms with Gasteiger partial charge in [-0.1, -0.05) is 29.8 Å². The molecule has 2 heterocycles. The average Bonchev–Trinajstić information content (AvgIpc) is 3.35. The fourth-order valence-corrected chi connectivity index (χ4v) is 4.74. The minimum Gasteiger partial charge on any atom is -0.390 e. The fraction of sp³-hybridized carbons (Fsp3) is 0.391. The van der Waals surface area contributed by atoms with Gasteiger partial charge in [0.1, 0.15) is 23.9 Å². The van der Waals surface area contributed by atoms with Gasteiger partial charge >= 0.3 is 10.3 Å². The van der Waals surface area contributed by atoms with Gasteiger partial charge < -0.3 is 10.4 Å². The van der Waals surface area contributed by atoms with Crippen molar-refractivity contribution >= 4 is 21.9 Å². The summed E-state index contributed by atoms with van der Waals surface area (Å²) in [7, 11) is -2.71. The van der Waals surface area contributed by atoms with Gasteiger partial charge in [0, 0.05) is 25.0 Å². The number of aryl methyl sites for hydroxylation is 2. The molecule has 0 aliphatic heterocycles. The average molecular weight is 501 g/mol. The second kappa shape index (κ2) is 10.2. The number of carbonyl (C=O) groups excluding carboxylic acids is 1. The monoisotopic (exact) mass is 500 g/mol. The number of aromatic nitrogens is 4. The standard InChI is InChI=1S/C23H28N6O5S/c1-14-5-4-6-16(7-14)12-29-15(2)8-19(28-29)22(31)18-11-25-13-26-23(18)27-17-9-20(30)21(10-17)34-35(32,33)24-3/h4-8,11,13,17,20-21,24,30H,9-10,12H2,1-3H3,(H,25,26,27)/t17-,20+,21-/m1/s1. The van der Waals surface area contributed by atoms with E-state index in [0.29, 0.717) is 6.54 Å². The molecule has 3 atom stereocenters. The van der Waals surface area contributed by atoms with Gasteiger partial charge in [0.15, 0.2) is 0 Å². The van der Waals surface area contributed by atoms with Gasteiger partial charge in [-0.2, -0.15) is 18.2 Å². The number of aliphatic hydroxyl groups excluding tert-OH is 1. The molecule has 186 valence electrons. The Hall–Kier alpha value is -3.19. The minimum atomic E-state index is -3.94. The van der Waals surface area contributed by atoms with Crippen molar-refractivity contribution in [2.75, 3.05) is 12.4 Å². The van der Waals surface area contributed by atoms with Gasteiger partial charge in [-0.25, -0.2) is 9.97 Å². The summed E-state index contributed by atoms with van der Waals surface area (Å²) in [5.74, 6) is -0.0616. The van der Waals surface area contributed by atoms with Crippen LogP contribution in [-0.4, -0.2) is 64.4 Å². The van der Waals surface area contributed by atoms with Crippen molar-refractivity contribution in [3.63, 3.8) is 0 Å². The number of hydrogen-bond donors (Lipinski definition) is 3. The van der Waals surface area contributed by atoms with Gasteiger partial charge in [0.2, 0.25) is 5.78 Å². The smallest absolute Gasteiger partial charge is 0.335 e. The Morgan fingerprint density at radius 2 is 2.06 bits per heavy atom. The SMILES string of the molecule is CNS(=O)(=O)O[C@@H]1C[C@H](Nc2ncncc2C(=O)c2cc(C)n(Cc3cccc(C)c3)n2)C[C@@H]1O. The lowest BCUT2D eigenvalue weighted by Gasteiger charge is -2.15. The summed E-state index contributed by atoms with van der Waals surface area (Å²) in [6.45, 7) is 4.45. The molecule has 11 nitrogen and oxygen atoms in total. The lowest BCUT2D eigenvalue weighted by atomic mass is 10.1. The molecule has 3 N–H and O–H groups in total. The van der Waals surface area contributed by atoms with E-state index in [9.17, 15) is 18.3 Å². The lowest BCUT2D eigenvalue weighted by molar-refractivity contribution is 0.0636. The van der Waals surface area contributed by atoms with E-state index in [2.05, 4.69) is 31.2 Å². The van der Waals surface area contributed by atoms with Crippen LogP contribution in [0.4, 0.5) is 5.82 Å². The van der Waals surface area contributed by atoms with Crippen LogP contribution in [0.2, 0.25) is 0 Å². The second-order valence-electron chi connectivity index (χ2n) is 8.60. The number of hydrogen-bond acceptors (Lipinski definition) is 9. The van der Waals surface area contributed by atoms with Crippen molar-refractivity contribution in [1.82, 2.24) is 24.5 Å². The van der Waals surface area contributed by atoms with E-state index in [4.69, 9.17) is 4.18 Å². The molecular formula is C23H28N6O5S. The Kier molecular flexibility index (Phi) is 7.26. The number of ketones is 1. The molecule has 4 rings (SSSR count). The van der Waals surface area contributed by atoms with E-state index in [-0.39, 0.29) is 41.7 Å². The zero-order valence-electron chi connectivity index (χ0n) is 19.7. The minimum absolute atomic E-state index is 0.212. The molecule has 1 aliphatic carbocycles. The molecular weight excluding hydrogens is 472 g/mol. The molecule has 1 aliphatic rings. The number of nitrogens with zero attached hydrogens (tertiary/aromatic N) is 4. The number of anilines is 1. The van der Waals surface area contributed by atoms with E-state index in [1.54, 1.807) is 10.7 Å². The largest absolute Gasteiger partial charge is 0.390 e. The van der Waals surface area contributed by atoms with E-state index in [1.165, 1.54) is 19.6 Å². The van der Waals surface area contributed by atoms with Crippen LogP contribution in [0.5, 0.6) is 0 Å². The van der Waals surface area contributed by atoms with E-state index < -0.39 is 22.5 Å². The molecule has 2 aromatic heterocycles. The van der Waals surface area contributed by atoms with E-state index in [1.807, 2.05) is 32.0 Å². The quantitative estimate of drug-likeness (QED) is 0.370. The molecule has 3 aromatic rings. The van der Waals surface area contributed by atoms with E-state index >= 15 is 0 Å². The summed E-state index contributed by atoms with van der Waals surface area (Å²) in [6.07, 6.45) is 1.26. The third-order valence-corrected chi connectivity index (χ3v) is 6.90. The van der Waals surface area contributed by atoms with Crippen LogP contribution in [0, 0.1) is 13.8 Å². The first-order valence-corrected chi connectivity index (χ1v) is 12.6. The Labute approximate surface area is 203 Å². The van der Waals surface area contributed by atoms with E-state index in [0.717, 1.165) is 16.8 Å². The molecule has 0 amide bonds. The molecule has 1 saturated carbocycles. The van der Waals surface area contributed by atoms with Crippen molar-refractivity contribution in [2.45, 2.75) is 51.5 Å². The van der Waals surface area contributed by atoms with Crippen LogP contribution < -0.4 is 10.0 Å². The lowest BCUT2D eigenvalue weighted by Crippen LogP contribution is -2.31. The highest BCUT2D eigenvalue weighted by atomic mass is 32.2. The molecule has 12 heteroatoms. The van der Waals surface area contributed by atoms with Gasteiger partial charge in [0.05, 0.1) is 18.2 Å². The number of rotatable bonds is 9. The number of aliphatic hydroxyl groups is 1. The maximum atomic E-state index is 13.3. The first-order valence-electron chi connectivity index (χ1n) is 11.2. The van der Waals surface area contributed by atoms with Crippen molar-refractivity contribution in [3.05, 3.63) is 70.9 Å². The van der Waals surface area contributed by atoms with Crippen LogP contribution in [-0.2, 0) is 21.0 Å². The summed E-state index contributed by atoms with van der Waals surface area (Å²) in [4.78, 5) is 21.5. The van der Waals surface area contributed by atoms with Gasteiger partial charge in [-0.3, -0.25) is 13.7 Å². The zero-order valence-corrected chi connectivity index (χ0v) is 20.5. The van der Waals surface area contributed by atoms with Crippen LogP contribution in [0.1, 0.15) is 45.7 Å². The summed E-state index contributed by atoms with van der Waals surface area (Å²) in [5, 5.41) is 17.9. The highest BCUT2D eigenvalue weighted by molar-refractivity contribution is 7.84. The zero-order chi connectivity index (χ0) is 25.2. The highest BCUT2D eigenvalue weighted by Gasteiger charge is 2.37. The molecule has 1 fully saturated rings. The molecule has 0 unspecified atom stereocenters. The number of nitrogens with one attached hydrogen (secondary N) is 2. The molecule has 1 aromatic carbocycles. The maximum Gasteiger partial charge on any atom is 0.335 e. The Balaban J connectivity index is 1.50. The summed E-state index contributed by atoms with van der Waals surface area (Å²) < 4.78 is 32.2. The topological polar surface area (TPSA) is 148 Å². The fourth-order valence-electron chi connectivity index (χ4n) is 4.12. The van der Waals surface area contributed by atoms with Crippen LogP contribution in [0.15, 0.2) is 42.9 Å². The third-order valence-electron chi connectivity index (χ3n) is 5.90. The first-order chi connectivity index (χ1) is 16.6. The van der Waals surface area contributed by atoms with Crippen molar-refractivity contribution < 1.29 is 22.5 Å². The number of benzene rings is 1. The summed E-state index contributed by atoms with van der Waals surface area (Å²) in [5.41, 5.74) is 3.56. The normalized spacial score (nSPS) is 20.2.